The third-order valence-corrected chi connectivity index (χ3v) is 24.4. The van der Waals surface area contributed by atoms with Gasteiger partial charge in [-0.3, -0.25) is 36.5 Å². The van der Waals surface area contributed by atoms with Crippen LogP contribution < -0.4 is 166 Å². The summed E-state index contributed by atoms with van der Waals surface area (Å²) < 4.78 is 139. The second kappa shape index (κ2) is 61.5. The summed E-state index contributed by atoms with van der Waals surface area (Å²) in [6.45, 7) is 35.4. The van der Waals surface area contributed by atoms with Crippen molar-refractivity contribution in [3.05, 3.63) is 219 Å². The fourth-order valence-electron chi connectivity index (χ4n) is 7.83. The quantitative estimate of drug-likeness (QED) is 0.00606. The number of aldehydes is 1. The van der Waals surface area contributed by atoms with Crippen LogP contribution >= 0.6 is 24.0 Å². The molecule has 8 aromatic rings. The molecule has 2 aromatic heterocycles. The molecule has 0 amide bonds. The third-order valence-electron chi connectivity index (χ3n) is 14.6. The fourth-order valence-corrected chi connectivity index (χ4v) is 11.9. The number of fused-ring (bicyclic) bond motifs is 1. The van der Waals surface area contributed by atoms with Crippen LogP contribution in [-0.2, 0) is 63.9 Å². The number of rotatable bonds is 15. The van der Waals surface area contributed by atoms with Gasteiger partial charge in [-0.15, -0.1) is 12.4 Å². The minimum absolute atomic E-state index is 0. The van der Waals surface area contributed by atoms with Crippen molar-refractivity contribution in [1.29, 1.82) is 0 Å². The van der Waals surface area contributed by atoms with Crippen molar-refractivity contribution >= 4 is 132 Å². The Balaban J connectivity index is -0.000000196. The summed E-state index contributed by atoms with van der Waals surface area (Å²) in [7, 11) is -5.15. The summed E-state index contributed by atoms with van der Waals surface area (Å²) in [6, 6.07) is 23.2. The minimum atomic E-state index is -1.42. The minimum Gasteiger partial charge on any atom is -1.00 e. The number of aromatic hydroxyl groups is 6. The van der Waals surface area contributed by atoms with E-state index in [1.165, 1.54) is 102 Å². The van der Waals surface area contributed by atoms with Crippen LogP contribution in [0.1, 0.15) is 195 Å². The number of nitrogens with two attached hydrogens (primary N) is 1. The second-order valence-corrected chi connectivity index (χ2v) is 40.6. The number of aromatic nitrogens is 3. The van der Waals surface area contributed by atoms with Gasteiger partial charge in [-0.2, -0.15) is 9.50 Å². The molecule has 9 atom stereocenters. The van der Waals surface area contributed by atoms with Gasteiger partial charge in [0.2, 0.25) is 5.65 Å². The molecule has 0 bridgehead atoms. The Hall–Kier alpha value is -2.87. The molecule has 0 aliphatic rings. The normalized spacial score (nSPS) is 13.0. The Kier molecular flexibility index (Phi) is 66.8. The van der Waals surface area contributed by atoms with Crippen molar-refractivity contribution in [3.63, 3.8) is 0 Å². The van der Waals surface area contributed by atoms with Gasteiger partial charge in [0.1, 0.15) is 91.7 Å². The summed E-state index contributed by atoms with van der Waals surface area (Å²) in [4.78, 5) is 35.0. The molecule has 2 heterocycles. The van der Waals surface area contributed by atoms with Gasteiger partial charge in [0.25, 0.3) is 6.47 Å². The smallest absolute Gasteiger partial charge is 1.00 e. The zero-order chi connectivity index (χ0) is 86.9. The largest absolute Gasteiger partial charge is 2.00 e. The number of carbonyl (C=O) groups excluding carboxylic acids is 2. The Labute approximate surface area is 858 Å². The molecule has 40 heteroatoms. The van der Waals surface area contributed by atoms with Gasteiger partial charge in [-0.1, -0.05) is 32.4 Å². The van der Waals surface area contributed by atoms with Crippen molar-refractivity contribution in [2.45, 2.75) is 179 Å². The summed E-state index contributed by atoms with van der Waals surface area (Å²) in [5.41, 5.74) is 7.63. The second-order valence-electron chi connectivity index (χ2n) is 29.4. The molecule has 0 saturated carbocycles. The average molecular weight is 2120 g/mol. The van der Waals surface area contributed by atoms with Crippen LogP contribution in [0.5, 0.6) is 34.5 Å². The number of carbonyl (C=O) groups is 2. The van der Waals surface area contributed by atoms with E-state index in [-0.39, 0.29) is 334 Å². The molecule has 0 aliphatic carbocycles. The van der Waals surface area contributed by atoms with Gasteiger partial charge in [0.05, 0.1) is 15.2 Å². The number of hydrogen-bond donors (Lipinski definition) is 7. The fraction of sp³-hybridized carbons (Fsp3) is 0.410. The molecule has 8 rings (SSSR count). The van der Waals surface area contributed by atoms with E-state index in [2.05, 4.69) is 19.4 Å². The van der Waals surface area contributed by atoms with E-state index in [0.29, 0.717) is 45.8 Å². The summed E-state index contributed by atoms with van der Waals surface area (Å²) in [6.07, 6.45) is 5.99. The molecule has 0 fully saturated rings. The number of nitrogens with zero attached hydrogens (tertiary/aromatic N) is 5. The molecule has 0 aliphatic heterocycles. The van der Waals surface area contributed by atoms with Crippen molar-refractivity contribution < 1.29 is 259 Å². The van der Waals surface area contributed by atoms with E-state index in [1.54, 1.807) is 34.0 Å². The van der Waals surface area contributed by atoms with Crippen molar-refractivity contribution in [2.75, 3.05) is 23.5 Å². The zero-order valence-electron chi connectivity index (χ0n) is 71.5. The number of phenols is 6. The maximum absolute atomic E-state index is 13.1. The van der Waals surface area contributed by atoms with E-state index in [4.69, 9.17) is 37.6 Å². The van der Waals surface area contributed by atoms with E-state index >= 15 is 0 Å². The first-order valence-electron chi connectivity index (χ1n) is 33.8. The topological polar surface area (TPSA) is 385 Å². The molecule has 8 N–H and O–H groups in total. The Bertz CT molecular complexity index is 4360. The third kappa shape index (κ3) is 50.9. The predicted molar refractivity (Wildman–Crippen MR) is 452 cm³/mol. The molecule has 0 unspecified atom stereocenters. The first-order valence-corrected chi connectivity index (χ1v) is 40.8. The number of benzene rings is 6. The van der Waals surface area contributed by atoms with Crippen LogP contribution in [0.3, 0.4) is 0 Å². The predicted octanol–water partition coefficient (Wildman–Crippen LogP) is 7.36. The van der Waals surface area contributed by atoms with Crippen molar-refractivity contribution in [1.82, 2.24) is 14.6 Å². The van der Waals surface area contributed by atoms with Gasteiger partial charge in [-0.25, -0.2) is 40.1 Å². The van der Waals surface area contributed by atoms with Crippen LogP contribution in [0, 0.1) is 52.4 Å². The maximum Gasteiger partial charge on any atom is 2.00 e. The summed E-state index contributed by atoms with van der Waals surface area (Å²) in [5, 5.41) is 79.2. The summed E-state index contributed by atoms with van der Waals surface area (Å²) in [5.74, 6) is -1.74. The number of hydrogen-bond acceptors (Lipinski definition) is 20. The van der Waals surface area contributed by atoms with Gasteiger partial charge < -0.3 is 72.4 Å². The average Bonchev–Trinajstić information content (AvgIpc) is 1.67. The van der Waals surface area contributed by atoms with Crippen LogP contribution in [-0.4, -0.2) is 160 Å². The van der Waals surface area contributed by atoms with Crippen LogP contribution in [0.15, 0.2) is 132 Å². The molecule has 648 valence electrons. The molecule has 0 radical (unpaired) electrons. The molecular weight excluding hydrogens is 2010 g/mol. The Morgan fingerprint density at radius 2 is 0.822 bits per heavy atom. The van der Waals surface area contributed by atoms with Crippen LogP contribution in [0.4, 0.5) is 32.0 Å². The van der Waals surface area contributed by atoms with Gasteiger partial charge in [0, 0.05) is 132 Å². The molecule has 23 nitrogen and oxygen atoms in total. The SMILES string of the molecule is CC(C)(C)[S@@](=O)N=Cc1cc(F)ccc1O.C[C@@H](C[S@](=O)C(C)(C)C)c1cc(F)ccc1O.C[C@@H](C[S@](=O)C(C)(C)C)c1cc(F)ccc1O.C[C@@H](N)c1cc(F)ccc1O.C[C@H](C[S@](=O)C(C)(C)C)c1cc(F)ccc1O.C[S@](=O)C(C)(C)C.Cl.O=CO[O-].O=Cc1cc(F)ccc1O.O=[N+]([O-])c1cnn2ccc(Cl)nc12.[Br-].[CH3-].[Cs+].[Cs+].[H-].[Mg+2]. The molecular formula is C78H107BrCl2Cs2F6MgN6O17S5. The van der Waals surface area contributed by atoms with Gasteiger partial charge in [-0.05, 0) is 244 Å². The Morgan fingerprint density at radius 3 is 1.08 bits per heavy atom. The molecule has 118 heavy (non-hydrogen) atoms. The monoisotopic (exact) mass is 2110 g/mol. The first kappa shape index (κ1) is 128. The molecule has 0 spiro atoms. The van der Waals surface area contributed by atoms with E-state index in [0.717, 1.165) is 36.5 Å². The molecule has 0 saturated heterocycles. The van der Waals surface area contributed by atoms with Crippen molar-refractivity contribution in [2.24, 2.45) is 10.1 Å². The Morgan fingerprint density at radius 1 is 0.542 bits per heavy atom. The van der Waals surface area contributed by atoms with Crippen LogP contribution in [0.25, 0.3) is 5.65 Å². The zero-order valence-corrected chi connectivity index (χ0v) is 91.7. The van der Waals surface area contributed by atoms with E-state index in [9.17, 15) is 82.7 Å². The summed E-state index contributed by atoms with van der Waals surface area (Å²) >= 11 is 5.58. The van der Waals surface area contributed by atoms with Gasteiger partial charge in [0.15, 0.2) is 6.29 Å². The number of nitro groups is 1. The maximum atomic E-state index is 13.1. The number of halogens is 9. The number of phenolic OH excluding ortho intramolecular Hbond substituents is 6. The standard InChI is InChI=1S/3C13H19FO2S.C11H14FNO2S.C8H10FNO.C7H5FO2.C6H3ClN4O2.C5H12OS.CH2O3.CH3.BrH.ClH.2Cs.Mg.H/c3*1-9(8-17(16)13(2,3)4)11-7-10(14)5-6-12(11)15;1-11(2,3)16(15)13-7-8-6-9(12)4-5-10(8)14;1-5(10)7-4-6(9)2-3-8(7)11;8-6-1-2-7(10)5(3-6)4-9;7-5-1-2-10-6(9-5)4(3-8-10)11(12)13;1-5(2,3)7(4)6;2-1-4-3;;;;;;;/h3*5-7,9,15H,8H2,1-4H3;4-7,14H,1-3H3;2-5,11H,10H2,1H3;1-4,10H;1-3H;1-4H3;1,3H;1H3;2*1H;;;;/q;;;;;;;;;-1;;;2*+1;+2;-1/p-2/t9-,17+;2*9-,17-;16-;5-;;;7-;;;;;;;;/m10011..0......../s1. The first-order chi connectivity index (χ1) is 51.3. The van der Waals surface area contributed by atoms with E-state index < -0.39 is 75.5 Å². The van der Waals surface area contributed by atoms with E-state index in [1.807, 2.05) is 104 Å². The van der Waals surface area contributed by atoms with Crippen molar-refractivity contribution in [3.8, 4) is 34.5 Å². The van der Waals surface area contributed by atoms with Crippen LogP contribution in [0.2, 0.25) is 5.15 Å². The van der Waals surface area contributed by atoms with Gasteiger partial charge >= 0.3 is 167 Å². The molecule has 6 aromatic carbocycles.